The molecule has 0 amide bonds. The van der Waals surface area contributed by atoms with E-state index in [1.165, 1.54) is 10.9 Å². The van der Waals surface area contributed by atoms with E-state index < -0.39 is 0 Å². The number of rotatable bonds is 5. The van der Waals surface area contributed by atoms with Gasteiger partial charge in [0.1, 0.15) is 0 Å². The van der Waals surface area contributed by atoms with Crippen LogP contribution in [0, 0.1) is 0 Å². The molecular formula is C20H20N6. The molecule has 2 aromatic carbocycles. The molecule has 0 fully saturated rings. The van der Waals surface area contributed by atoms with Gasteiger partial charge >= 0.3 is 0 Å². The molecule has 0 spiro atoms. The molecule has 26 heavy (non-hydrogen) atoms. The Kier molecular flexibility index (Phi) is 4.15. The second kappa shape index (κ2) is 6.76. The summed E-state index contributed by atoms with van der Waals surface area (Å²) in [5.41, 5.74) is 16.5. The third-order valence-electron chi connectivity index (χ3n) is 4.37. The molecule has 4 aromatic rings. The van der Waals surface area contributed by atoms with Crippen molar-refractivity contribution in [2.24, 2.45) is 0 Å². The first kappa shape index (κ1) is 16.0. The standard InChI is InChI=1S/C20H20N6/c21-15-7-5-13(6-8-15)18-12-25-19(22)20(26-18)23-10-9-14-11-24-17-4-2-1-3-16(14)17/h1-8,11-12,24H,9-10,21H2,(H2,22,25)(H,23,26). The van der Waals surface area contributed by atoms with Crippen LogP contribution < -0.4 is 16.8 Å². The van der Waals surface area contributed by atoms with Gasteiger partial charge in [0.2, 0.25) is 0 Å². The molecule has 0 aliphatic heterocycles. The summed E-state index contributed by atoms with van der Waals surface area (Å²) in [6.07, 6.45) is 4.58. The van der Waals surface area contributed by atoms with Crippen molar-refractivity contribution in [2.75, 3.05) is 23.3 Å². The van der Waals surface area contributed by atoms with Crippen LogP contribution in [0.25, 0.3) is 22.2 Å². The van der Waals surface area contributed by atoms with Crippen LogP contribution in [-0.4, -0.2) is 21.5 Å². The topological polar surface area (TPSA) is 106 Å². The summed E-state index contributed by atoms with van der Waals surface area (Å²) in [6.45, 7) is 0.714. The molecule has 130 valence electrons. The van der Waals surface area contributed by atoms with Crippen molar-refractivity contribution in [2.45, 2.75) is 6.42 Å². The third-order valence-corrected chi connectivity index (χ3v) is 4.37. The van der Waals surface area contributed by atoms with Crippen LogP contribution >= 0.6 is 0 Å². The fraction of sp³-hybridized carbons (Fsp3) is 0.100. The first-order chi connectivity index (χ1) is 12.7. The maximum atomic E-state index is 5.98. The van der Waals surface area contributed by atoms with Gasteiger partial charge in [-0.1, -0.05) is 30.3 Å². The number of benzene rings is 2. The number of nitrogens with one attached hydrogen (secondary N) is 2. The number of hydrogen-bond acceptors (Lipinski definition) is 5. The van der Waals surface area contributed by atoms with Crippen molar-refractivity contribution in [3.05, 3.63) is 66.5 Å². The number of nitrogens with zero attached hydrogens (tertiary/aromatic N) is 2. The van der Waals surface area contributed by atoms with Crippen molar-refractivity contribution in [3.63, 3.8) is 0 Å². The molecule has 0 aliphatic rings. The van der Waals surface area contributed by atoms with Crippen LogP contribution in [0.15, 0.2) is 60.9 Å². The third kappa shape index (κ3) is 3.17. The minimum Gasteiger partial charge on any atom is -0.399 e. The van der Waals surface area contributed by atoms with Gasteiger partial charge in [0.15, 0.2) is 11.6 Å². The summed E-state index contributed by atoms with van der Waals surface area (Å²) in [5.74, 6) is 0.988. The van der Waals surface area contributed by atoms with Crippen LogP contribution in [0.1, 0.15) is 5.56 Å². The maximum absolute atomic E-state index is 5.98. The molecule has 6 N–H and O–H groups in total. The molecule has 0 unspecified atom stereocenters. The van der Waals surface area contributed by atoms with Crippen LogP contribution in [0.2, 0.25) is 0 Å². The van der Waals surface area contributed by atoms with Crippen LogP contribution in [-0.2, 0) is 6.42 Å². The molecule has 6 heteroatoms. The second-order valence-corrected chi connectivity index (χ2v) is 6.15. The molecule has 2 aromatic heterocycles. The summed E-state index contributed by atoms with van der Waals surface area (Å²) in [7, 11) is 0. The van der Waals surface area contributed by atoms with E-state index in [1.807, 2.05) is 42.6 Å². The molecule has 0 bridgehead atoms. The van der Waals surface area contributed by atoms with E-state index in [4.69, 9.17) is 11.5 Å². The Hall–Kier alpha value is -3.54. The molecule has 0 aliphatic carbocycles. The lowest BCUT2D eigenvalue weighted by molar-refractivity contribution is 1.01. The minimum absolute atomic E-state index is 0.392. The molecular weight excluding hydrogens is 324 g/mol. The molecule has 2 heterocycles. The van der Waals surface area contributed by atoms with Gasteiger partial charge < -0.3 is 21.8 Å². The smallest absolute Gasteiger partial charge is 0.169 e. The van der Waals surface area contributed by atoms with Gasteiger partial charge in [0.25, 0.3) is 0 Å². The maximum Gasteiger partial charge on any atom is 0.169 e. The van der Waals surface area contributed by atoms with Crippen molar-refractivity contribution in [3.8, 4) is 11.3 Å². The van der Waals surface area contributed by atoms with Gasteiger partial charge in [-0.15, -0.1) is 0 Å². The van der Waals surface area contributed by atoms with Gasteiger partial charge in [-0.25, -0.2) is 9.97 Å². The lowest BCUT2D eigenvalue weighted by Crippen LogP contribution is -2.10. The molecule has 0 radical (unpaired) electrons. The first-order valence-electron chi connectivity index (χ1n) is 8.48. The summed E-state index contributed by atoms with van der Waals surface area (Å²) < 4.78 is 0. The van der Waals surface area contributed by atoms with Crippen molar-refractivity contribution >= 4 is 28.2 Å². The normalized spacial score (nSPS) is 10.9. The molecule has 6 nitrogen and oxygen atoms in total. The minimum atomic E-state index is 0.392. The van der Waals surface area contributed by atoms with Crippen LogP contribution in [0.4, 0.5) is 17.3 Å². The van der Waals surface area contributed by atoms with Gasteiger partial charge in [0, 0.05) is 34.9 Å². The van der Waals surface area contributed by atoms with E-state index >= 15 is 0 Å². The van der Waals surface area contributed by atoms with Crippen LogP contribution in [0.3, 0.4) is 0 Å². The Balaban J connectivity index is 1.49. The number of hydrogen-bond donors (Lipinski definition) is 4. The Labute approximate surface area is 151 Å². The van der Waals surface area contributed by atoms with Gasteiger partial charge in [-0.3, -0.25) is 0 Å². The summed E-state index contributed by atoms with van der Waals surface area (Å²) in [6, 6.07) is 15.8. The zero-order valence-electron chi connectivity index (χ0n) is 14.2. The van der Waals surface area contributed by atoms with E-state index in [2.05, 4.69) is 32.4 Å². The number of nitrogen functional groups attached to an aromatic ring is 2. The summed E-state index contributed by atoms with van der Waals surface area (Å²) in [5, 5.41) is 4.54. The van der Waals surface area contributed by atoms with Crippen LogP contribution in [0.5, 0.6) is 0 Å². The SMILES string of the molecule is Nc1ccc(-c2cnc(N)c(NCCc3c[nH]c4ccccc34)n2)cc1. The van der Waals surface area contributed by atoms with E-state index in [0.29, 0.717) is 23.9 Å². The Bertz CT molecular complexity index is 1040. The number of fused-ring (bicyclic) bond motifs is 1. The summed E-state index contributed by atoms with van der Waals surface area (Å²) >= 11 is 0. The zero-order valence-corrected chi connectivity index (χ0v) is 14.2. The highest BCUT2D eigenvalue weighted by Gasteiger charge is 2.08. The predicted octanol–water partition coefficient (Wildman–Crippen LogP) is 3.44. The molecule has 4 rings (SSSR count). The van der Waals surface area contributed by atoms with Gasteiger partial charge in [0.05, 0.1) is 11.9 Å². The Morgan fingerprint density at radius 2 is 1.81 bits per heavy atom. The zero-order chi connectivity index (χ0) is 17.9. The lowest BCUT2D eigenvalue weighted by Gasteiger charge is -2.09. The fourth-order valence-corrected chi connectivity index (χ4v) is 2.98. The fourth-order valence-electron chi connectivity index (χ4n) is 2.98. The highest BCUT2D eigenvalue weighted by Crippen LogP contribution is 2.23. The molecule has 0 saturated heterocycles. The largest absolute Gasteiger partial charge is 0.399 e. The Morgan fingerprint density at radius 1 is 1.00 bits per heavy atom. The second-order valence-electron chi connectivity index (χ2n) is 6.15. The highest BCUT2D eigenvalue weighted by atomic mass is 15.1. The lowest BCUT2D eigenvalue weighted by atomic mass is 10.1. The Morgan fingerprint density at radius 3 is 2.65 bits per heavy atom. The summed E-state index contributed by atoms with van der Waals surface area (Å²) in [4.78, 5) is 12.2. The molecule has 0 saturated carbocycles. The van der Waals surface area contributed by atoms with E-state index in [9.17, 15) is 0 Å². The van der Waals surface area contributed by atoms with Gasteiger partial charge in [-0.05, 0) is 30.2 Å². The first-order valence-corrected chi connectivity index (χ1v) is 8.48. The average Bonchev–Trinajstić information content (AvgIpc) is 3.07. The number of para-hydroxylation sites is 1. The van der Waals surface area contributed by atoms with Crippen molar-refractivity contribution in [1.82, 2.24) is 15.0 Å². The van der Waals surface area contributed by atoms with Gasteiger partial charge in [-0.2, -0.15) is 0 Å². The number of nitrogens with two attached hydrogens (primary N) is 2. The number of anilines is 3. The monoisotopic (exact) mass is 344 g/mol. The number of H-pyrrole nitrogens is 1. The predicted molar refractivity (Wildman–Crippen MR) is 107 cm³/mol. The highest BCUT2D eigenvalue weighted by molar-refractivity contribution is 5.83. The van der Waals surface area contributed by atoms with Crippen molar-refractivity contribution < 1.29 is 0 Å². The van der Waals surface area contributed by atoms with E-state index in [0.717, 1.165) is 23.2 Å². The molecule has 0 atom stereocenters. The van der Waals surface area contributed by atoms with E-state index in [-0.39, 0.29) is 0 Å². The quantitative estimate of drug-likeness (QED) is 0.415. The number of aromatic nitrogens is 3. The van der Waals surface area contributed by atoms with E-state index in [1.54, 1.807) is 6.20 Å². The average molecular weight is 344 g/mol. The number of aromatic amines is 1. The van der Waals surface area contributed by atoms with Crippen molar-refractivity contribution in [1.29, 1.82) is 0 Å².